The molecule has 0 atom stereocenters. The Labute approximate surface area is 404 Å². The van der Waals surface area contributed by atoms with Crippen LogP contribution >= 0.6 is 0 Å². The smallest absolute Gasteiger partial charge is 0.407 e. The number of carbonyl (C=O) groups is 3. The number of alkyl carbamates (subject to hydrolysis) is 1. The summed E-state index contributed by atoms with van der Waals surface area (Å²) in [6, 6.07) is 0. The summed E-state index contributed by atoms with van der Waals surface area (Å²) in [5.41, 5.74) is 0. The number of nitrogens with one attached hydrogen (secondary N) is 1. The summed E-state index contributed by atoms with van der Waals surface area (Å²) in [6.45, 7) is 9.21. The molecule has 9 nitrogen and oxygen atoms in total. The second-order valence-electron chi connectivity index (χ2n) is 20.0. The van der Waals surface area contributed by atoms with Gasteiger partial charge >= 0.3 is 18.0 Å². The summed E-state index contributed by atoms with van der Waals surface area (Å²) in [7, 11) is 6.37. The van der Waals surface area contributed by atoms with E-state index in [0.29, 0.717) is 32.6 Å². The molecular weight excluding hydrogens is 811 g/mol. The summed E-state index contributed by atoms with van der Waals surface area (Å²) in [4.78, 5) is 42.0. The topological polar surface area (TPSA) is 97.4 Å². The zero-order valence-electron chi connectivity index (χ0n) is 44.2. The molecule has 9 heteroatoms. The maximum absolute atomic E-state index is 12.8. The van der Waals surface area contributed by atoms with Crippen LogP contribution in [0.3, 0.4) is 0 Å². The van der Waals surface area contributed by atoms with E-state index in [4.69, 9.17) is 14.2 Å². The van der Waals surface area contributed by atoms with Gasteiger partial charge in [0.15, 0.2) is 0 Å². The van der Waals surface area contributed by atoms with Crippen molar-refractivity contribution in [3.63, 3.8) is 0 Å². The first kappa shape index (κ1) is 63.1. The van der Waals surface area contributed by atoms with Gasteiger partial charge in [0.25, 0.3) is 0 Å². The molecule has 0 fully saturated rings. The first-order valence-electron chi connectivity index (χ1n) is 28.4. The van der Waals surface area contributed by atoms with Crippen molar-refractivity contribution in [1.82, 2.24) is 15.1 Å². The minimum absolute atomic E-state index is 0.0715. The van der Waals surface area contributed by atoms with Crippen LogP contribution < -0.4 is 5.32 Å². The monoisotopic (exact) mass is 922 g/mol. The minimum Gasteiger partial charge on any atom is -0.466 e. The molecule has 0 heterocycles. The predicted octanol–water partition coefficient (Wildman–Crippen LogP) is 15.7. The van der Waals surface area contributed by atoms with Crippen molar-refractivity contribution >= 4 is 18.0 Å². The number of esters is 2. The Morgan fingerprint density at radius 2 is 0.738 bits per heavy atom. The van der Waals surface area contributed by atoms with Gasteiger partial charge in [-0.2, -0.15) is 0 Å². The quantitative estimate of drug-likeness (QED) is 0.0366. The van der Waals surface area contributed by atoms with E-state index in [1.807, 2.05) is 0 Å². The van der Waals surface area contributed by atoms with E-state index < -0.39 is 0 Å². The number of nitrogens with zero attached hydrogens (tertiary/aromatic N) is 2. The van der Waals surface area contributed by atoms with Crippen molar-refractivity contribution in [3.05, 3.63) is 0 Å². The lowest BCUT2D eigenvalue weighted by Gasteiger charge is -2.19. The average Bonchev–Trinajstić information content (AvgIpc) is 3.28. The van der Waals surface area contributed by atoms with E-state index >= 15 is 0 Å². The molecule has 0 unspecified atom stereocenters. The highest BCUT2D eigenvalue weighted by molar-refractivity contribution is 5.69. The highest BCUT2D eigenvalue weighted by atomic mass is 16.6. The Hall–Kier alpha value is -1.87. The zero-order valence-corrected chi connectivity index (χ0v) is 44.2. The number of hydrogen-bond acceptors (Lipinski definition) is 8. The summed E-state index contributed by atoms with van der Waals surface area (Å²) >= 11 is 0. The summed E-state index contributed by atoms with van der Waals surface area (Å²) in [5, 5.41) is 2.98. The van der Waals surface area contributed by atoms with Crippen LogP contribution in [0.25, 0.3) is 0 Å². The molecule has 0 aromatic rings. The third-order valence-corrected chi connectivity index (χ3v) is 13.0. The third kappa shape index (κ3) is 51.4. The van der Waals surface area contributed by atoms with Gasteiger partial charge in [-0.25, -0.2) is 4.79 Å². The van der Waals surface area contributed by atoms with Crippen LogP contribution in [-0.4, -0.2) is 94.5 Å². The van der Waals surface area contributed by atoms with Gasteiger partial charge < -0.3 is 29.3 Å². The standard InChI is InChI=1S/C56H111N3O6/c1-6-8-10-12-14-16-18-20-22-24-26-28-30-36-45-54(60)63-51-40-32-34-43-53(65-56(62)57-47-42-50-59(5)49-39-38-48-58(3)4)44-35-33-41-52-64-55(61)46-37-31-29-27-25-23-21-19-17-15-13-11-9-7-2/h53H,6-52H2,1-5H3,(H,57,62). The molecule has 1 amide bonds. The molecule has 0 aliphatic carbocycles. The van der Waals surface area contributed by atoms with Crippen molar-refractivity contribution in [2.75, 3.05) is 60.5 Å². The van der Waals surface area contributed by atoms with Gasteiger partial charge in [0, 0.05) is 19.4 Å². The Bertz CT molecular complexity index is 957. The van der Waals surface area contributed by atoms with Crippen LogP contribution in [-0.2, 0) is 23.8 Å². The van der Waals surface area contributed by atoms with Crippen LogP contribution in [0.5, 0.6) is 0 Å². The Kier molecular flexibility index (Phi) is 50.0. The summed E-state index contributed by atoms with van der Waals surface area (Å²) in [5.74, 6) is -0.143. The third-order valence-electron chi connectivity index (χ3n) is 13.0. The van der Waals surface area contributed by atoms with Gasteiger partial charge in [-0.05, 0) is 124 Å². The maximum Gasteiger partial charge on any atom is 0.407 e. The molecule has 0 spiro atoms. The van der Waals surface area contributed by atoms with Gasteiger partial charge in [-0.1, -0.05) is 181 Å². The molecule has 0 saturated carbocycles. The van der Waals surface area contributed by atoms with Crippen LogP contribution in [0.4, 0.5) is 4.79 Å². The minimum atomic E-state index is -0.335. The van der Waals surface area contributed by atoms with E-state index in [1.54, 1.807) is 0 Å². The van der Waals surface area contributed by atoms with Gasteiger partial charge in [-0.3, -0.25) is 9.59 Å². The van der Waals surface area contributed by atoms with Crippen LogP contribution in [0.1, 0.15) is 277 Å². The van der Waals surface area contributed by atoms with Gasteiger partial charge in [0.1, 0.15) is 6.10 Å². The fourth-order valence-electron chi connectivity index (χ4n) is 8.66. The number of amides is 1. The maximum atomic E-state index is 12.8. The highest BCUT2D eigenvalue weighted by Gasteiger charge is 2.15. The molecule has 0 aromatic heterocycles. The van der Waals surface area contributed by atoms with E-state index in [2.05, 4.69) is 50.1 Å². The second kappa shape index (κ2) is 51.5. The normalized spacial score (nSPS) is 11.6. The molecular formula is C56H111N3O6. The molecule has 0 bridgehead atoms. The van der Waals surface area contributed by atoms with E-state index in [-0.39, 0.29) is 24.1 Å². The first-order valence-corrected chi connectivity index (χ1v) is 28.4. The Balaban J connectivity index is 4.23. The van der Waals surface area contributed by atoms with Crippen molar-refractivity contribution in [3.8, 4) is 0 Å². The van der Waals surface area contributed by atoms with Crippen molar-refractivity contribution in [2.24, 2.45) is 0 Å². The molecule has 0 radical (unpaired) electrons. The lowest BCUT2D eigenvalue weighted by atomic mass is 10.0. The van der Waals surface area contributed by atoms with Gasteiger partial charge in [-0.15, -0.1) is 0 Å². The molecule has 386 valence electrons. The fourth-order valence-corrected chi connectivity index (χ4v) is 8.66. The first-order chi connectivity index (χ1) is 31.8. The average molecular weight is 923 g/mol. The lowest BCUT2D eigenvalue weighted by Crippen LogP contribution is -2.32. The number of hydrogen-bond donors (Lipinski definition) is 1. The largest absolute Gasteiger partial charge is 0.466 e. The molecule has 0 aliphatic heterocycles. The molecule has 0 aromatic carbocycles. The highest BCUT2D eigenvalue weighted by Crippen LogP contribution is 2.18. The van der Waals surface area contributed by atoms with Crippen LogP contribution in [0.15, 0.2) is 0 Å². The zero-order chi connectivity index (χ0) is 47.5. The van der Waals surface area contributed by atoms with Gasteiger partial charge in [0.05, 0.1) is 13.2 Å². The number of carbonyl (C=O) groups excluding carboxylic acids is 3. The molecule has 65 heavy (non-hydrogen) atoms. The SMILES string of the molecule is CCCCCCCCCCCCCCCCC(=O)OCCCCCC(CCCCCOC(=O)CCCCCCCCCCCCCCCC)OC(=O)NCCCN(C)CCCCN(C)C. The second-order valence-corrected chi connectivity index (χ2v) is 20.0. The van der Waals surface area contributed by atoms with Gasteiger partial charge in [0.2, 0.25) is 0 Å². The Morgan fingerprint density at radius 1 is 0.400 bits per heavy atom. The van der Waals surface area contributed by atoms with E-state index in [0.717, 1.165) is 103 Å². The van der Waals surface area contributed by atoms with E-state index in [1.165, 1.54) is 167 Å². The summed E-state index contributed by atoms with van der Waals surface area (Å²) in [6.07, 6.45) is 47.4. The molecule has 0 saturated heterocycles. The number of unbranched alkanes of at least 4 members (excludes halogenated alkanes) is 31. The van der Waals surface area contributed by atoms with Crippen molar-refractivity contribution in [2.45, 2.75) is 283 Å². The lowest BCUT2D eigenvalue weighted by molar-refractivity contribution is -0.144. The van der Waals surface area contributed by atoms with E-state index in [9.17, 15) is 14.4 Å². The number of rotatable bonds is 52. The molecule has 0 aliphatic rings. The molecule has 0 rings (SSSR count). The van der Waals surface area contributed by atoms with Crippen molar-refractivity contribution in [1.29, 1.82) is 0 Å². The Morgan fingerprint density at radius 3 is 1.12 bits per heavy atom. The van der Waals surface area contributed by atoms with Crippen LogP contribution in [0.2, 0.25) is 0 Å². The number of ether oxygens (including phenoxy) is 3. The predicted molar refractivity (Wildman–Crippen MR) is 277 cm³/mol. The summed E-state index contributed by atoms with van der Waals surface area (Å²) < 4.78 is 17.0. The van der Waals surface area contributed by atoms with Crippen LogP contribution in [0, 0.1) is 0 Å². The fraction of sp³-hybridized carbons (Fsp3) is 0.946. The van der Waals surface area contributed by atoms with Crippen molar-refractivity contribution < 1.29 is 28.6 Å². The molecule has 1 N–H and O–H groups in total.